The highest BCUT2D eigenvalue weighted by Crippen LogP contribution is 2.33. The predicted molar refractivity (Wildman–Crippen MR) is 125 cm³/mol. The number of allylic oxidation sites excluding steroid dienone is 4. The van der Waals surface area contributed by atoms with Crippen LogP contribution in [0.15, 0.2) is 49.0 Å². The molecule has 2 unspecified atom stereocenters. The fourth-order valence-electron chi connectivity index (χ4n) is 4.89. The summed E-state index contributed by atoms with van der Waals surface area (Å²) in [5, 5.41) is 0. The fourth-order valence-corrected chi connectivity index (χ4v) is 4.89. The molecule has 2 atom stereocenters. The smallest absolute Gasteiger partial charge is 0.0411 e. The summed E-state index contributed by atoms with van der Waals surface area (Å²) in [4.78, 5) is 2.14. The number of fused-ring (bicyclic) bond motifs is 1. The third kappa shape index (κ3) is 8.41. The van der Waals surface area contributed by atoms with E-state index in [1.54, 1.807) is 0 Å². The SMILES string of the molecule is C=CN(C(=C)C)C1=CC2CCCCCCCCCCCCCCCCC2C=C1. The maximum absolute atomic E-state index is 4.12. The zero-order chi connectivity index (χ0) is 20.0. The van der Waals surface area contributed by atoms with Gasteiger partial charge in [0.05, 0.1) is 0 Å². The molecular formula is C27H45N. The monoisotopic (exact) mass is 383 g/mol. The largest absolute Gasteiger partial charge is 0.323 e. The molecule has 28 heavy (non-hydrogen) atoms. The van der Waals surface area contributed by atoms with Crippen molar-refractivity contribution in [2.45, 2.75) is 110 Å². The average Bonchev–Trinajstić information content (AvgIpc) is 2.68. The van der Waals surface area contributed by atoms with E-state index in [1.807, 2.05) is 6.20 Å². The van der Waals surface area contributed by atoms with Gasteiger partial charge in [0, 0.05) is 17.6 Å². The summed E-state index contributed by atoms with van der Waals surface area (Å²) < 4.78 is 0. The minimum Gasteiger partial charge on any atom is -0.323 e. The molecule has 2 aliphatic carbocycles. The topological polar surface area (TPSA) is 3.24 Å². The molecule has 0 saturated heterocycles. The Bertz CT molecular complexity index is 512. The Balaban J connectivity index is 1.94. The van der Waals surface area contributed by atoms with Gasteiger partial charge in [-0.1, -0.05) is 115 Å². The summed E-state index contributed by atoms with van der Waals surface area (Å²) in [6, 6.07) is 0. The molecule has 0 heterocycles. The molecule has 0 spiro atoms. The summed E-state index contributed by atoms with van der Waals surface area (Å²) >= 11 is 0. The van der Waals surface area contributed by atoms with Gasteiger partial charge in [0.25, 0.3) is 0 Å². The summed E-state index contributed by atoms with van der Waals surface area (Å²) in [7, 11) is 0. The van der Waals surface area contributed by atoms with Gasteiger partial charge in [0.1, 0.15) is 0 Å². The zero-order valence-electron chi connectivity index (χ0n) is 18.6. The van der Waals surface area contributed by atoms with Crippen molar-refractivity contribution in [3.63, 3.8) is 0 Å². The van der Waals surface area contributed by atoms with Crippen LogP contribution in [0.2, 0.25) is 0 Å². The summed E-state index contributed by atoms with van der Waals surface area (Å²) in [6.07, 6.45) is 32.0. The summed E-state index contributed by atoms with van der Waals surface area (Å²) in [6.45, 7) is 10.2. The van der Waals surface area contributed by atoms with Crippen LogP contribution in [-0.2, 0) is 0 Å². The number of nitrogens with zero attached hydrogens (tertiary/aromatic N) is 1. The lowest BCUT2D eigenvalue weighted by Gasteiger charge is -2.30. The maximum atomic E-state index is 4.12. The van der Waals surface area contributed by atoms with Crippen molar-refractivity contribution < 1.29 is 0 Å². The highest BCUT2D eigenvalue weighted by molar-refractivity contribution is 5.29. The third-order valence-electron chi connectivity index (χ3n) is 6.65. The first kappa shape index (κ1) is 23.0. The molecular weight excluding hydrogens is 338 g/mol. The normalized spacial score (nSPS) is 26.2. The quantitative estimate of drug-likeness (QED) is 0.470. The van der Waals surface area contributed by atoms with Crippen molar-refractivity contribution in [1.29, 1.82) is 0 Å². The molecule has 0 radical (unpaired) electrons. The molecule has 1 fully saturated rings. The van der Waals surface area contributed by atoms with Crippen molar-refractivity contribution in [1.82, 2.24) is 4.90 Å². The van der Waals surface area contributed by atoms with Crippen LogP contribution in [0.5, 0.6) is 0 Å². The highest BCUT2D eigenvalue weighted by atomic mass is 15.1. The Hall–Kier alpha value is -1.24. The van der Waals surface area contributed by atoms with Gasteiger partial charge in [-0.3, -0.25) is 0 Å². The number of hydrogen-bond acceptors (Lipinski definition) is 1. The minimum absolute atomic E-state index is 0.681. The van der Waals surface area contributed by atoms with Crippen molar-refractivity contribution >= 4 is 0 Å². The van der Waals surface area contributed by atoms with E-state index < -0.39 is 0 Å². The molecule has 0 amide bonds. The van der Waals surface area contributed by atoms with Crippen LogP contribution < -0.4 is 0 Å². The third-order valence-corrected chi connectivity index (χ3v) is 6.65. The summed E-state index contributed by atoms with van der Waals surface area (Å²) in [5.41, 5.74) is 2.32. The Morgan fingerprint density at radius 1 is 0.786 bits per heavy atom. The molecule has 158 valence electrons. The molecule has 0 N–H and O–H groups in total. The molecule has 0 aromatic heterocycles. The van der Waals surface area contributed by atoms with Crippen molar-refractivity contribution in [2.24, 2.45) is 11.8 Å². The molecule has 0 bridgehead atoms. The molecule has 1 heteroatoms. The molecule has 2 aliphatic rings. The average molecular weight is 384 g/mol. The van der Waals surface area contributed by atoms with Gasteiger partial charge in [0.2, 0.25) is 0 Å². The predicted octanol–water partition coefficient (Wildman–Crippen LogP) is 8.91. The van der Waals surface area contributed by atoms with E-state index in [9.17, 15) is 0 Å². The van der Waals surface area contributed by atoms with E-state index in [4.69, 9.17) is 0 Å². The van der Waals surface area contributed by atoms with Crippen LogP contribution in [0.4, 0.5) is 0 Å². The molecule has 0 aromatic rings. The van der Waals surface area contributed by atoms with Gasteiger partial charge in [-0.15, -0.1) is 0 Å². The lowest BCUT2D eigenvalue weighted by molar-refractivity contribution is 0.373. The summed E-state index contributed by atoms with van der Waals surface area (Å²) in [5.74, 6) is 1.40. The van der Waals surface area contributed by atoms with E-state index in [0.29, 0.717) is 5.92 Å². The van der Waals surface area contributed by atoms with Gasteiger partial charge in [0.15, 0.2) is 0 Å². The van der Waals surface area contributed by atoms with E-state index in [-0.39, 0.29) is 0 Å². The second-order valence-electron chi connectivity index (χ2n) is 9.09. The van der Waals surface area contributed by atoms with Gasteiger partial charge < -0.3 is 4.90 Å². The Morgan fingerprint density at radius 2 is 1.21 bits per heavy atom. The van der Waals surface area contributed by atoms with Crippen LogP contribution in [0.25, 0.3) is 0 Å². The van der Waals surface area contributed by atoms with E-state index in [2.05, 4.69) is 43.2 Å². The van der Waals surface area contributed by atoms with Crippen molar-refractivity contribution in [2.75, 3.05) is 0 Å². The fraction of sp³-hybridized carbons (Fsp3) is 0.704. The maximum Gasteiger partial charge on any atom is 0.0411 e. The zero-order valence-corrected chi connectivity index (χ0v) is 18.6. The lowest BCUT2D eigenvalue weighted by atomic mass is 9.80. The molecule has 0 aliphatic heterocycles. The van der Waals surface area contributed by atoms with Crippen LogP contribution in [-0.4, -0.2) is 4.90 Å². The molecule has 0 aromatic carbocycles. The van der Waals surface area contributed by atoms with Crippen molar-refractivity contribution in [3.05, 3.63) is 49.0 Å². The highest BCUT2D eigenvalue weighted by Gasteiger charge is 2.22. The molecule has 1 nitrogen and oxygen atoms in total. The second kappa shape index (κ2) is 13.9. The van der Waals surface area contributed by atoms with E-state index in [1.165, 1.54) is 108 Å². The Morgan fingerprint density at radius 3 is 1.64 bits per heavy atom. The van der Waals surface area contributed by atoms with Gasteiger partial charge in [-0.25, -0.2) is 0 Å². The first-order chi connectivity index (χ1) is 13.7. The van der Waals surface area contributed by atoms with Crippen molar-refractivity contribution in [3.8, 4) is 0 Å². The van der Waals surface area contributed by atoms with Gasteiger partial charge in [-0.05, 0) is 37.7 Å². The van der Waals surface area contributed by atoms with Crippen LogP contribution in [0, 0.1) is 11.8 Å². The Labute approximate surface area is 175 Å². The molecule has 1 saturated carbocycles. The first-order valence-corrected chi connectivity index (χ1v) is 12.2. The van der Waals surface area contributed by atoms with Gasteiger partial charge in [-0.2, -0.15) is 0 Å². The first-order valence-electron chi connectivity index (χ1n) is 12.2. The van der Waals surface area contributed by atoms with Crippen LogP contribution in [0.1, 0.15) is 110 Å². The molecule has 2 rings (SSSR count). The standard InChI is InChI=1S/C27H45N/c1-4-28(24(2)3)27-22-21-25-19-17-15-13-11-9-7-5-6-8-10-12-14-16-18-20-26(25)23-27/h4,21-23,25-26H,1-2,5-20H2,3H3. The Kier molecular flexibility index (Phi) is 11.4. The minimum atomic E-state index is 0.681. The number of hydrogen-bond donors (Lipinski definition) is 0. The lowest BCUT2D eigenvalue weighted by Crippen LogP contribution is -2.20. The van der Waals surface area contributed by atoms with Crippen LogP contribution >= 0.6 is 0 Å². The van der Waals surface area contributed by atoms with Gasteiger partial charge >= 0.3 is 0 Å². The van der Waals surface area contributed by atoms with Crippen LogP contribution in [0.3, 0.4) is 0 Å². The number of rotatable bonds is 3. The van der Waals surface area contributed by atoms with E-state index >= 15 is 0 Å². The van der Waals surface area contributed by atoms with E-state index in [0.717, 1.165) is 11.6 Å². The second-order valence-corrected chi connectivity index (χ2v) is 9.09.